The third-order valence-electron chi connectivity index (χ3n) is 6.02. The van der Waals surface area contributed by atoms with Crippen LogP contribution in [-0.2, 0) is 9.47 Å². The van der Waals surface area contributed by atoms with Crippen LogP contribution in [0.4, 0.5) is 0 Å². The van der Waals surface area contributed by atoms with E-state index in [0.717, 1.165) is 38.7 Å². The molecule has 3 fully saturated rings. The molecule has 24 heavy (non-hydrogen) atoms. The second kappa shape index (κ2) is 6.48. The molecule has 1 aliphatic heterocycles. The predicted molar refractivity (Wildman–Crippen MR) is 86.6 cm³/mol. The van der Waals surface area contributed by atoms with Gasteiger partial charge in [-0.25, -0.2) is 4.98 Å². The Bertz CT molecular complexity index is 588. The Kier molecular flexibility index (Phi) is 4.35. The van der Waals surface area contributed by atoms with Crippen LogP contribution in [0.2, 0.25) is 0 Å². The highest BCUT2D eigenvalue weighted by Crippen LogP contribution is 2.54. The van der Waals surface area contributed by atoms with Crippen molar-refractivity contribution in [3.05, 3.63) is 17.8 Å². The molecule has 3 aliphatic rings. The number of aromatic nitrogens is 1. The Balaban J connectivity index is 1.46. The maximum atomic E-state index is 12.8. The van der Waals surface area contributed by atoms with Crippen molar-refractivity contribution in [1.29, 1.82) is 0 Å². The van der Waals surface area contributed by atoms with Crippen LogP contribution in [0.5, 0.6) is 0 Å². The molecule has 0 aromatic carbocycles. The summed E-state index contributed by atoms with van der Waals surface area (Å²) in [6, 6.07) is 0.179. The van der Waals surface area contributed by atoms with Crippen molar-refractivity contribution in [2.24, 2.45) is 5.41 Å². The van der Waals surface area contributed by atoms with Crippen LogP contribution in [0, 0.1) is 5.41 Å². The molecule has 132 valence electrons. The SMILES string of the molecule is CCO[C@@H]1C[C@H](NC(=O)c2ncoc2[C@H]2CCCO2)C12CCCC2. The van der Waals surface area contributed by atoms with E-state index >= 15 is 0 Å². The molecular weight excluding hydrogens is 308 g/mol. The van der Waals surface area contributed by atoms with Crippen LogP contribution >= 0.6 is 0 Å². The summed E-state index contributed by atoms with van der Waals surface area (Å²) in [4.78, 5) is 16.9. The fourth-order valence-corrected chi connectivity index (χ4v) is 4.75. The highest BCUT2D eigenvalue weighted by Gasteiger charge is 2.57. The molecule has 1 aromatic heterocycles. The van der Waals surface area contributed by atoms with Crippen molar-refractivity contribution >= 4 is 5.91 Å². The van der Waals surface area contributed by atoms with E-state index < -0.39 is 0 Å². The van der Waals surface area contributed by atoms with Crippen molar-refractivity contribution in [3.63, 3.8) is 0 Å². The van der Waals surface area contributed by atoms with Crippen molar-refractivity contribution < 1.29 is 18.7 Å². The van der Waals surface area contributed by atoms with Gasteiger partial charge in [0.15, 0.2) is 17.8 Å². The van der Waals surface area contributed by atoms with E-state index in [0.29, 0.717) is 18.1 Å². The zero-order valence-electron chi connectivity index (χ0n) is 14.3. The number of oxazole rings is 1. The number of amides is 1. The summed E-state index contributed by atoms with van der Waals surface area (Å²) in [6.07, 6.45) is 9.00. The minimum absolute atomic E-state index is 0.124. The van der Waals surface area contributed by atoms with E-state index in [1.165, 1.54) is 19.2 Å². The maximum absolute atomic E-state index is 12.8. The van der Waals surface area contributed by atoms with Gasteiger partial charge in [0.1, 0.15) is 6.10 Å². The number of hydrogen-bond donors (Lipinski definition) is 1. The summed E-state index contributed by atoms with van der Waals surface area (Å²) in [7, 11) is 0. The fraction of sp³-hybridized carbons (Fsp3) is 0.778. The lowest BCUT2D eigenvalue weighted by Crippen LogP contribution is -2.63. The molecule has 1 amide bonds. The van der Waals surface area contributed by atoms with Gasteiger partial charge in [0.25, 0.3) is 5.91 Å². The van der Waals surface area contributed by atoms with Gasteiger partial charge < -0.3 is 19.2 Å². The maximum Gasteiger partial charge on any atom is 0.273 e. The highest BCUT2D eigenvalue weighted by atomic mass is 16.5. The molecule has 0 radical (unpaired) electrons. The summed E-state index contributed by atoms with van der Waals surface area (Å²) in [5.74, 6) is 0.437. The number of hydrogen-bond acceptors (Lipinski definition) is 5. The molecule has 1 spiro atoms. The van der Waals surface area contributed by atoms with Crippen LogP contribution in [0.25, 0.3) is 0 Å². The molecule has 6 nitrogen and oxygen atoms in total. The van der Waals surface area contributed by atoms with Gasteiger partial charge in [-0.2, -0.15) is 0 Å². The number of ether oxygens (including phenoxy) is 2. The van der Waals surface area contributed by atoms with Gasteiger partial charge in [-0.05, 0) is 39.0 Å². The number of rotatable bonds is 5. The largest absolute Gasteiger partial charge is 0.445 e. The molecule has 3 atom stereocenters. The topological polar surface area (TPSA) is 73.6 Å². The van der Waals surface area contributed by atoms with E-state index in [-0.39, 0.29) is 29.6 Å². The second-order valence-electron chi connectivity index (χ2n) is 7.21. The van der Waals surface area contributed by atoms with E-state index in [9.17, 15) is 4.79 Å². The Labute approximate surface area is 142 Å². The van der Waals surface area contributed by atoms with E-state index in [2.05, 4.69) is 10.3 Å². The van der Waals surface area contributed by atoms with Gasteiger partial charge in [-0.1, -0.05) is 12.8 Å². The Morgan fingerprint density at radius 3 is 2.96 bits per heavy atom. The summed E-state index contributed by atoms with van der Waals surface area (Å²) in [5.41, 5.74) is 0.509. The molecule has 4 rings (SSSR count). The summed E-state index contributed by atoms with van der Waals surface area (Å²) in [6.45, 7) is 3.49. The zero-order chi connectivity index (χ0) is 16.6. The van der Waals surface area contributed by atoms with Gasteiger partial charge in [0.2, 0.25) is 0 Å². The van der Waals surface area contributed by atoms with Crippen LogP contribution in [0.15, 0.2) is 10.8 Å². The average Bonchev–Trinajstić information content (AvgIpc) is 3.34. The predicted octanol–water partition coefficient (Wildman–Crippen LogP) is 2.99. The van der Waals surface area contributed by atoms with Gasteiger partial charge in [0, 0.05) is 24.7 Å². The first-order chi connectivity index (χ1) is 11.7. The molecular formula is C18H26N2O4. The van der Waals surface area contributed by atoms with E-state index in [1.807, 2.05) is 6.92 Å². The van der Waals surface area contributed by atoms with Crippen molar-refractivity contribution in [2.75, 3.05) is 13.2 Å². The quantitative estimate of drug-likeness (QED) is 0.896. The van der Waals surface area contributed by atoms with Crippen LogP contribution in [0.1, 0.15) is 74.2 Å². The number of carbonyl (C=O) groups excluding carboxylic acids is 1. The van der Waals surface area contributed by atoms with Crippen LogP contribution in [-0.4, -0.2) is 36.3 Å². The van der Waals surface area contributed by atoms with Crippen molar-refractivity contribution in [3.8, 4) is 0 Å². The summed E-state index contributed by atoms with van der Waals surface area (Å²) < 4.78 is 17.0. The number of nitrogens with one attached hydrogen (secondary N) is 1. The second-order valence-corrected chi connectivity index (χ2v) is 7.21. The minimum atomic E-state index is -0.138. The third kappa shape index (κ3) is 2.56. The van der Waals surface area contributed by atoms with Crippen LogP contribution < -0.4 is 5.32 Å². The molecule has 2 saturated carbocycles. The zero-order valence-corrected chi connectivity index (χ0v) is 14.3. The van der Waals surface area contributed by atoms with E-state index in [4.69, 9.17) is 13.9 Å². The average molecular weight is 334 g/mol. The molecule has 0 bridgehead atoms. The van der Waals surface area contributed by atoms with E-state index in [1.54, 1.807) is 0 Å². The molecule has 0 unspecified atom stereocenters. The lowest BCUT2D eigenvalue weighted by molar-refractivity contribution is -0.127. The summed E-state index contributed by atoms with van der Waals surface area (Å²) in [5, 5.41) is 3.21. The third-order valence-corrected chi connectivity index (χ3v) is 6.02. The molecule has 6 heteroatoms. The van der Waals surface area contributed by atoms with Crippen molar-refractivity contribution in [2.45, 2.75) is 70.1 Å². The van der Waals surface area contributed by atoms with Crippen LogP contribution in [0.3, 0.4) is 0 Å². The Morgan fingerprint density at radius 1 is 1.42 bits per heavy atom. The number of nitrogens with zero attached hydrogens (tertiary/aromatic N) is 1. The standard InChI is InChI=1S/C18H26N2O4/c1-2-22-14-10-13(18(14)7-3-4-8-18)20-17(21)15-16(24-11-19-15)12-6-5-9-23-12/h11-14H,2-10H2,1H3,(H,20,21)/t12-,13+,14-/m1/s1. The van der Waals surface area contributed by atoms with Crippen molar-refractivity contribution in [1.82, 2.24) is 10.3 Å². The lowest BCUT2D eigenvalue weighted by Gasteiger charge is -2.54. The van der Waals surface area contributed by atoms with Gasteiger partial charge in [0.05, 0.1) is 6.10 Å². The normalized spacial score (nSPS) is 31.3. The van der Waals surface area contributed by atoms with Gasteiger partial charge in [-0.15, -0.1) is 0 Å². The molecule has 2 aliphatic carbocycles. The monoisotopic (exact) mass is 334 g/mol. The summed E-state index contributed by atoms with van der Waals surface area (Å²) >= 11 is 0. The van der Waals surface area contributed by atoms with Gasteiger partial charge in [-0.3, -0.25) is 4.79 Å². The first-order valence-corrected chi connectivity index (χ1v) is 9.22. The number of carbonyl (C=O) groups is 1. The Morgan fingerprint density at radius 2 is 2.25 bits per heavy atom. The first-order valence-electron chi connectivity index (χ1n) is 9.22. The fourth-order valence-electron chi connectivity index (χ4n) is 4.75. The Hall–Kier alpha value is -1.40. The minimum Gasteiger partial charge on any atom is -0.445 e. The molecule has 1 aromatic rings. The smallest absolute Gasteiger partial charge is 0.273 e. The molecule has 2 heterocycles. The van der Waals surface area contributed by atoms with Gasteiger partial charge >= 0.3 is 0 Å². The first kappa shape index (κ1) is 16.1. The molecule has 1 saturated heterocycles. The molecule has 1 N–H and O–H groups in total. The lowest BCUT2D eigenvalue weighted by atomic mass is 9.60. The highest BCUT2D eigenvalue weighted by molar-refractivity contribution is 5.93.